The normalized spacial score (nSPS) is 11.2. The van der Waals surface area contributed by atoms with Crippen LogP contribution in [0.3, 0.4) is 0 Å². The summed E-state index contributed by atoms with van der Waals surface area (Å²) in [5, 5.41) is 2.62. The first-order chi connectivity index (χ1) is 15.0. The lowest BCUT2D eigenvalue weighted by atomic mass is 10.0. The summed E-state index contributed by atoms with van der Waals surface area (Å²) >= 11 is 2.02. The van der Waals surface area contributed by atoms with E-state index in [0.29, 0.717) is 22.6 Å². The van der Waals surface area contributed by atoms with Gasteiger partial charge in [0.15, 0.2) is 5.75 Å². The number of anilines is 2. The average Bonchev–Trinajstić information content (AvgIpc) is 2.66. The topological polar surface area (TPSA) is 73.6 Å². The molecule has 3 N–H and O–H groups in total. The zero-order valence-corrected chi connectivity index (χ0v) is 20.0. The quantitative estimate of drug-likeness (QED) is 0.267. The van der Waals surface area contributed by atoms with Gasteiger partial charge in [0.1, 0.15) is 23.0 Å². The van der Waals surface area contributed by atoms with E-state index in [9.17, 15) is 13.6 Å². The van der Waals surface area contributed by atoms with Crippen molar-refractivity contribution in [2.45, 2.75) is 32.8 Å². The van der Waals surface area contributed by atoms with Gasteiger partial charge in [-0.05, 0) is 84.8 Å². The van der Waals surface area contributed by atoms with Crippen LogP contribution in [0, 0.1) is 15.2 Å². The standard InChI is InChI=1S/C24H23F2IN2O3/c1-24(2,3)32-23(30)29-18-5-4-6-19(13-18)31-21-11-16(25)10-15(22(21)28)9-14-7-8-17(27)12-20(14)26/h4-8,10-13H,9,28H2,1-3H3,(H,29,30). The lowest BCUT2D eigenvalue weighted by Gasteiger charge is -2.20. The number of nitrogens with one attached hydrogen (secondary N) is 1. The zero-order valence-electron chi connectivity index (χ0n) is 17.8. The molecule has 3 aromatic rings. The molecule has 0 aliphatic carbocycles. The number of carbonyl (C=O) groups is 1. The summed E-state index contributed by atoms with van der Waals surface area (Å²) in [5.41, 5.74) is 7.02. The molecule has 8 heteroatoms. The summed E-state index contributed by atoms with van der Waals surface area (Å²) in [6, 6.07) is 13.8. The monoisotopic (exact) mass is 552 g/mol. The molecule has 0 spiro atoms. The maximum Gasteiger partial charge on any atom is 0.412 e. The highest BCUT2D eigenvalue weighted by atomic mass is 127. The van der Waals surface area contributed by atoms with Gasteiger partial charge in [0, 0.05) is 27.8 Å². The third kappa shape index (κ3) is 6.56. The first-order valence-corrected chi connectivity index (χ1v) is 10.9. The van der Waals surface area contributed by atoms with Crippen molar-refractivity contribution in [3.05, 3.63) is 80.9 Å². The molecule has 0 fully saturated rings. The number of rotatable bonds is 5. The van der Waals surface area contributed by atoms with E-state index in [1.54, 1.807) is 57.2 Å². The van der Waals surface area contributed by atoms with Gasteiger partial charge in [-0.15, -0.1) is 0 Å². The van der Waals surface area contributed by atoms with Crippen molar-refractivity contribution < 1.29 is 23.0 Å². The summed E-state index contributed by atoms with van der Waals surface area (Å²) < 4.78 is 40.3. The number of hydrogen-bond acceptors (Lipinski definition) is 4. The van der Waals surface area contributed by atoms with Gasteiger partial charge in [-0.25, -0.2) is 13.6 Å². The molecule has 0 unspecified atom stereocenters. The number of hydrogen-bond donors (Lipinski definition) is 2. The summed E-state index contributed by atoms with van der Waals surface area (Å²) in [6.45, 7) is 5.29. The van der Waals surface area contributed by atoms with Crippen LogP contribution in [-0.4, -0.2) is 11.7 Å². The third-order valence-electron chi connectivity index (χ3n) is 4.30. The van der Waals surface area contributed by atoms with E-state index < -0.39 is 17.5 Å². The van der Waals surface area contributed by atoms with E-state index in [0.717, 1.165) is 9.64 Å². The van der Waals surface area contributed by atoms with E-state index in [1.165, 1.54) is 12.1 Å². The molecule has 1 amide bonds. The number of benzene rings is 3. The minimum atomic E-state index is -0.638. The van der Waals surface area contributed by atoms with Crippen LogP contribution in [0.2, 0.25) is 0 Å². The minimum Gasteiger partial charge on any atom is -0.455 e. The van der Waals surface area contributed by atoms with Crippen LogP contribution in [0.5, 0.6) is 11.5 Å². The molecule has 0 bridgehead atoms. The Morgan fingerprint density at radius 1 is 1.06 bits per heavy atom. The molecular formula is C24H23F2IN2O3. The van der Waals surface area contributed by atoms with Gasteiger partial charge >= 0.3 is 6.09 Å². The predicted molar refractivity (Wildman–Crippen MR) is 129 cm³/mol. The first-order valence-electron chi connectivity index (χ1n) is 9.80. The van der Waals surface area contributed by atoms with Gasteiger partial charge in [-0.2, -0.15) is 0 Å². The molecular weight excluding hydrogens is 529 g/mol. The molecule has 0 aliphatic heterocycles. The van der Waals surface area contributed by atoms with Crippen LogP contribution in [0.15, 0.2) is 54.6 Å². The van der Waals surface area contributed by atoms with Gasteiger partial charge in [0.2, 0.25) is 0 Å². The van der Waals surface area contributed by atoms with Crippen molar-refractivity contribution in [2.24, 2.45) is 0 Å². The Morgan fingerprint density at radius 3 is 2.50 bits per heavy atom. The number of nitrogen functional groups attached to an aromatic ring is 1. The second-order valence-electron chi connectivity index (χ2n) is 8.15. The van der Waals surface area contributed by atoms with Gasteiger partial charge in [0.25, 0.3) is 0 Å². The molecule has 32 heavy (non-hydrogen) atoms. The second kappa shape index (κ2) is 9.72. The summed E-state index contributed by atoms with van der Waals surface area (Å²) in [4.78, 5) is 12.0. The maximum absolute atomic E-state index is 14.3. The Balaban J connectivity index is 1.81. The third-order valence-corrected chi connectivity index (χ3v) is 4.97. The molecule has 0 saturated carbocycles. The Hall–Kier alpha value is -2.88. The van der Waals surface area contributed by atoms with Crippen LogP contribution in [0.25, 0.3) is 0 Å². The van der Waals surface area contributed by atoms with Gasteiger partial charge < -0.3 is 15.2 Å². The van der Waals surface area contributed by atoms with Crippen LogP contribution in [0.4, 0.5) is 25.0 Å². The van der Waals surface area contributed by atoms with Crippen LogP contribution < -0.4 is 15.8 Å². The number of nitrogens with two attached hydrogens (primary N) is 1. The van der Waals surface area contributed by atoms with Crippen LogP contribution >= 0.6 is 22.6 Å². The fourth-order valence-electron chi connectivity index (χ4n) is 2.93. The number of amides is 1. The second-order valence-corrected chi connectivity index (χ2v) is 9.39. The smallest absolute Gasteiger partial charge is 0.412 e. The summed E-state index contributed by atoms with van der Waals surface area (Å²) in [5.74, 6) is -0.510. The van der Waals surface area contributed by atoms with Crippen molar-refractivity contribution in [3.8, 4) is 11.5 Å². The molecule has 0 atom stereocenters. The minimum absolute atomic E-state index is 0.0975. The fourth-order valence-corrected chi connectivity index (χ4v) is 3.39. The number of halogens is 3. The van der Waals surface area contributed by atoms with Gasteiger partial charge in [0.05, 0.1) is 5.69 Å². The highest BCUT2D eigenvalue weighted by Crippen LogP contribution is 2.34. The Morgan fingerprint density at radius 2 is 1.81 bits per heavy atom. The molecule has 3 rings (SSSR count). The molecule has 0 radical (unpaired) electrons. The Bertz CT molecular complexity index is 1150. The van der Waals surface area contributed by atoms with Gasteiger partial charge in [-0.1, -0.05) is 12.1 Å². The lowest BCUT2D eigenvalue weighted by Crippen LogP contribution is -2.27. The number of ether oxygens (including phenoxy) is 2. The van der Waals surface area contributed by atoms with E-state index in [4.69, 9.17) is 15.2 Å². The Labute approximate surface area is 199 Å². The van der Waals surface area contributed by atoms with E-state index in [-0.39, 0.29) is 23.7 Å². The molecule has 0 aliphatic rings. The highest BCUT2D eigenvalue weighted by molar-refractivity contribution is 14.1. The van der Waals surface area contributed by atoms with E-state index >= 15 is 0 Å². The van der Waals surface area contributed by atoms with Crippen molar-refractivity contribution in [1.29, 1.82) is 0 Å². The van der Waals surface area contributed by atoms with Crippen LogP contribution in [-0.2, 0) is 11.2 Å². The van der Waals surface area contributed by atoms with Gasteiger partial charge in [-0.3, -0.25) is 5.32 Å². The Kier molecular flexibility index (Phi) is 7.22. The highest BCUT2D eigenvalue weighted by Gasteiger charge is 2.17. The maximum atomic E-state index is 14.3. The molecule has 5 nitrogen and oxygen atoms in total. The molecule has 0 heterocycles. The zero-order chi connectivity index (χ0) is 23.5. The first kappa shape index (κ1) is 23.8. The van der Waals surface area contributed by atoms with E-state index in [1.807, 2.05) is 22.6 Å². The summed E-state index contributed by atoms with van der Waals surface area (Å²) in [6.07, 6.45) is -0.495. The van der Waals surface area contributed by atoms with Crippen molar-refractivity contribution in [3.63, 3.8) is 0 Å². The van der Waals surface area contributed by atoms with E-state index in [2.05, 4.69) is 5.32 Å². The number of carbonyl (C=O) groups excluding carboxylic acids is 1. The average molecular weight is 552 g/mol. The van der Waals surface area contributed by atoms with Crippen molar-refractivity contribution >= 4 is 40.1 Å². The van der Waals surface area contributed by atoms with Crippen molar-refractivity contribution in [2.75, 3.05) is 11.1 Å². The lowest BCUT2D eigenvalue weighted by molar-refractivity contribution is 0.0636. The summed E-state index contributed by atoms with van der Waals surface area (Å²) in [7, 11) is 0. The van der Waals surface area contributed by atoms with Crippen LogP contribution in [0.1, 0.15) is 31.9 Å². The molecule has 3 aromatic carbocycles. The predicted octanol–water partition coefficient (Wildman–Crippen LogP) is 6.88. The fraction of sp³-hybridized carbons (Fsp3) is 0.208. The molecule has 0 aromatic heterocycles. The SMILES string of the molecule is CC(C)(C)OC(=O)Nc1cccc(Oc2cc(F)cc(Cc3ccc(I)cc3F)c2N)c1. The van der Waals surface area contributed by atoms with Crippen molar-refractivity contribution in [1.82, 2.24) is 0 Å². The largest absolute Gasteiger partial charge is 0.455 e. The molecule has 168 valence electrons. The molecule has 0 saturated heterocycles.